The monoisotopic (exact) mass is 242 g/mol. The molecule has 0 aliphatic carbocycles. The molecule has 0 amide bonds. The summed E-state index contributed by atoms with van der Waals surface area (Å²) in [5.41, 5.74) is 7.89. The molecule has 0 saturated carbocycles. The fourth-order valence-corrected chi connectivity index (χ4v) is 1.71. The Kier molecular flexibility index (Phi) is 4.34. The lowest BCUT2D eigenvalue weighted by molar-refractivity contribution is 0.482. The predicted molar refractivity (Wildman–Crippen MR) is 73.6 cm³/mol. The highest BCUT2D eigenvalue weighted by atomic mass is 16.5. The second-order valence-corrected chi connectivity index (χ2v) is 4.12. The lowest BCUT2D eigenvalue weighted by Gasteiger charge is -2.07. The van der Waals surface area contributed by atoms with E-state index in [-0.39, 0.29) is 0 Å². The van der Waals surface area contributed by atoms with Gasteiger partial charge in [0.1, 0.15) is 11.5 Å². The summed E-state index contributed by atoms with van der Waals surface area (Å²) in [5, 5.41) is 3.11. The van der Waals surface area contributed by atoms with Gasteiger partial charge in [0.25, 0.3) is 0 Å². The molecule has 0 aliphatic heterocycles. The normalized spacial score (nSPS) is 10.3. The van der Waals surface area contributed by atoms with Crippen molar-refractivity contribution in [2.75, 3.05) is 7.05 Å². The number of hydrogen-bond acceptors (Lipinski definition) is 3. The standard InChI is InChI=1S/C15H18N2O/c1-17-11-13-4-8-15(9-5-13)18-14-6-2-12(10-16)3-7-14/h2-9,17H,10-11,16H2,1H3. The Hall–Kier alpha value is -1.84. The van der Waals surface area contributed by atoms with Crippen molar-refractivity contribution in [2.24, 2.45) is 5.73 Å². The van der Waals surface area contributed by atoms with Crippen molar-refractivity contribution in [1.82, 2.24) is 5.32 Å². The average molecular weight is 242 g/mol. The first-order valence-corrected chi connectivity index (χ1v) is 6.02. The molecule has 3 N–H and O–H groups in total. The van der Waals surface area contributed by atoms with Gasteiger partial charge in [0.2, 0.25) is 0 Å². The molecule has 0 aliphatic rings. The van der Waals surface area contributed by atoms with Crippen molar-refractivity contribution in [1.29, 1.82) is 0 Å². The van der Waals surface area contributed by atoms with Crippen LogP contribution in [0.3, 0.4) is 0 Å². The van der Waals surface area contributed by atoms with Gasteiger partial charge < -0.3 is 15.8 Å². The van der Waals surface area contributed by atoms with E-state index in [0.29, 0.717) is 6.54 Å². The van der Waals surface area contributed by atoms with Crippen LogP contribution >= 0.6 is 0 Å². The van der Waals surface area contributed by atoms with E-state index in [1.807, 2.05) is 43.4 Å². The van der Waals surface area contributed by atoms with Crippen molar-refractivity contribution >= 4 is 0 Å². The van der Waals surface area contributed by atoms with Gasteiger partial charge in [0.15, 0.2) is 0 Å². The average Bonchev–Trinajstić information content (AvgIpc) is 2.42. The van der Waals surface area contributed by atoms with Crippen molar-refractivity contribution in [2.45, 2.75) is 13.1 Å². The predicted octanol–water partition coefficient (Wildman–Crippen LogP) is 2.66. The summed E-state index contributed by atoms with van der Waals surface area (Å²) >= 11 is 0. The third-order valence-electron chi connectivity index (χ3n) is 2.70. The maximum Gasteiger partial charge on any atom is 0.127 e. The van der Waals surface area contributed by atoms with Crippen LogP contribution in [-0.2, 0) is 13.1 Å². The molecule has 94 valence electrons. The number of nitrogens with two attached hydrogens (primary N) is 1. The second kappa shape index (κ2) is 6.19. The largest absolute Gasteiger partial charge is 0.457 e. The van der Waals surface area contributed by atoms with E-state index in [1.165, 1.54) is 5.56 Å². The van der Waals surface area contributed by atoms with Crippen LogP contribution < -0.4 is 15.8 Å². The summed E-state index contributed by atoms with van der Waals surface area (Å²) in [7, 11) is 1.93. The summed E-state index contributed by atoms with van der Waals surface area (Å²) in [6, 6.07) is 15.9. The highest BCUT2D eigenvalue weighted by Gasteiger charge is 1.98. The summed E-state index contributed by atoms with van der Waals surface area (Å²) in [6.45, 7) is 1.42. The van der Waals surface area contributed by atoms with Gasteiger partial charge in [-0.15, -0.1) is 0 Å². The summed E-state index contributed by atoms with van der Waals surface area (Å²) in [4.78, 5) is 0. The molecule has 0 fully saturated rings. The SMILES string of the molecule is CNCc1ccc(Oc2ccc(CN)cc2)cc1. The zero-order chi connectivity index (χ0) is 12.8. The van der Waals surface area contributed by atoms with Gasteiger partial charge in [-0.1, -0.05) is 24.3 Å². The molecular weight excluding hydrogens is 224 g/mol. The molecule has 0 atom stereocenters. The Morgan fingerprint density at radius 2 is 1.39 bits per heavy atom. The number of ether oxygens (including phenoxy) is 1. The van der Waals surface area contributed by atoms with E-state index in [9.17, 15) is 0 Å². The van der Waals surface area contributed by atoms with Gasteiger partial charge in [-0.25, -0.2) is 0 Å². The molecule has 3 heteroatoms. The fraction of sp³-hybridized carbons (Fsp3) is 0.200. The Morgan fingerprint density at radius 1 is 0.889 bits per heavy atom. The minimum atomic E-state index is 0.555. The molecule has 18 heavy (non-hydrogen) atoms. The lowest BCUT2D eigenvalue weighted by atomic mass is 10.2. The first-order valence-electron chi connectivity index (χ1n) is 6.02. The zero-order valence-electron chi connectivity index (χ0n) is 10.5. The highest BCUT2D eigenvalue weighted by Crippen LogP contribution is 2.21. The Balaban J connectivity index is 2.03. The van der Waals surface area contributed by atoms with Crippen molar-refractivity contribution in [3.63, 3.8) is 0 Å². The maximum atomic E-state index is 5.75. The molecule has 0 aromatic heterocycles. The molecule has 0 bridgehead atoms. The molecule has 2 aromatic rings. The quantitative estimate of drug-likeness (QED) is 0.847. The van der Waals surface area contributed by atoms with Gasteiger partial charge >= 0.3 is 0 Å². The first kappa shape index (κ1) is 12.6. The molecule has 3 nitrogen and oxygen atoms in total. The summed E-state index contributed by atoms with van der Waals surface area (Å²) in [5.74, 6) is 1.67. The molecule has 2 aromatic carbocycles. The van der Waals surface area contributed by atoms with Gasteiger partial charge in [-0.05, 0) is 42.4 Å². The number of nitrogens with one attached hydrogen (secondary N) is 1. The Bertz CT molecular complexity index is 477. The molecule has 0 radical (unpaired) electrons. The van der Waals surface area contributed by atoms with E-state index in [0.717, 1.165) is 23.6 Å². The molecule has 0 saturated heterocycles. The van der Waals surface area contributed by atoms with Gasteiger partial charge in [0, 0.05) is 13.1 Å². The highest BCUT2D eigenvalue weighted by molar-refractivity contribution is 5.34. The lowest BCUT2D eigenvalue weighted by Crippen LogP contribution is -2.04. The maximum absolute atomic E-state index is 5.75. The first-order chi connectivity index (χ1) is 8.81. The van der Waals surface area contributed by atoms with E-state index >= 15 is 0 Å². The van der Waals surface area contributed by atoms with Gasteiger partial charge in [0.05, 0.1) is 0 Å². The minimum absolute atomic E-state index is 0.555. The summed E-state index contributed by atoms with van der Waals surface area (Å²) in [6.07, 6.45) is 0. The zero-order valence-corrected chi connectivity index (χ0v) is 10.5. The van der Waals surface area contributed by atoms with Crippen LogP contribution in [0.15, 0.2) is 48.5 Å². The Morgan fingerprint density at radius 3 is 1.83 bits per heavy atom. The van der Waals surface area contributed by atoms with E-state index in [4.69, 9.17) is 10.5 Å². The van der Waals surface area contributed by atoms with Crippen LogP contribution in [0.4, 0.5) is 0 Å². The minimum Gasteiger partial charge on any atom is -0.457 e. The smallest absolute Gasteiger partial charge is 0.127 e. The van der Waals surface area contributed by atoms with Crippen LogP contribution in [0.5, 0.6) is 11.5 Å². The molecule has 0 unspecified atom stereocenters. The number of hydrogen-bond donors (Lipinski definition) is 2. The molecule has 0 heterocycles. The number of benzene rings is 2. The van der Waals surface area contributed by atoms with Gasteiger partial charge in [-0.3, -0.25) is 0 Å². The molecule has 2 rings (SSSR count). The van der Waals surface area contributed by atoms with E-state index in [2.05, 4.69) is 17.4 Å². The third-order valence-corrected chi connectivity index (χ3v) is 2.70. The van der Waals surface area contributed by atoms with Crippen LogP contribution in [0.25, 0.3) is 0 Å². The second-order valence-electron chi connectivity index (χ2n) is 4.12. The topological polar surface area (TPSA) is 47.3 Å². The van der Waals surface area contributed by atoms with Crippen LogP contribution in [0, 0.1) is 0 Å². The van der Waals surface area contributed by atoms with Crippen LogP contribution in [0.1, 0.15) is 11.1 Å². The van der Waals surface area contributed by atoms with Crippen molar-refractivity contribution in [3.8, 4) is 11.5 Å². The Labute approximate surface area is 108 Å². The molecular formula is C15H18N2O. The van der Waals surface area contributed by atoms with E-state index in [1.54, 1.807) is 0 Å². The van der Waals surface area contributed by atoms with Crippen molar-refractivity contribution < 1.29 is 4.74 Å². The van der Waals surface area contributed by atoms with Crippen molar-refractivity contribution in [3.05, 3.63) is 59.7 Å². The summed E-state index contributed by atoms with van der Waals surface area (Å²) < 4.78 is 5.75. The third kappa shape index (κ3) is 3.32. The molecule has 0 spiro atoms. The fourth-order valence-electron chi connectivity index (χ4n) is 1.71. The van der Waals surface area contributed by atoms with Gasteiger partial charge in [-0.2, -0.15) is 0 Å². The van der Waals surface area contributed by atoms with E-state index < -0.39 is 0 Å². The van der Waals surface area contributed by atoms with Crippen LogP contribution in [0.2, 0.25) is 0 Å². The number of rotatable bonds is 5. The van der Waals surface area contributed by atoms with Crippen LogP contribution in [-0.4, -0.2) is 7.05 Å².